The van der Waals surface area contributed by atoms with Crippen molar-refractivity contribution in [3.8, 4) is 11.5 Å². The molecule has 21 heavy (non-hydrogen) atoms. The normalized spacial score (nSPS) is 26.0. The van der Waals surface area contributed by atoms with Crippen LogP contribution in [-0.4, -0.2) is 37.4 Å². The van der Waals surface area contributed by atoms with Crippen LogP contribution in [0.4, 0.5) is 4.79 Å². The number of carbonyl (C=O) groups excluding carboxylic acids is 1. The third-order valence-electron chi connectivity index (χ3n) is 5.01. The molecule has 0 aliphatic carbocycles. The molecule has 2 heterocycles. The first kappa shape index (κ1) is 14.0. The minimum Gasteiger partial charge on any atom is -0.493 e. The fourth-order valence-corrected chi connectivity index (χ4v) is 3.48. The third kappa shape index (κ3) is 1.66. The van der Waals surface area contributed by atoms with Crippen molar-refractivity contribution in [1.29, 1.82) is 0 Å². The zero-order valence-corrected chi connectivity index (χ0v) is 13.1. The summed E-state index contributed by atoms with van der Waals surface area (Å²) < 4.78 is 16.4. The molecule has 0 aromatic heterocycles. The van der Waals surface area contributed by atoms with Gasteiger partial charge in [0.15, 0.2) is 11.5 Å². The van der Waals surface area contributed by atoms with Crippen LogP contribution < -0.4 is 9.47 Å². The van der Waals surface area contributed by atoms with Gasteiger partial charge in [-0.25, -0.2) is 4.79 Å². The Morgan fingerprint density at radius 2 is 1.76 bits per heavy atom. The summed E-state index contributed by atoms with van der Waals surface area (Å²) in [5.41, 5.74) is 1.15. The smallest absolute Gasteiger partial charge is 0.411 e. The summed E-state index contributed by atoms with van der Waals surface area (Å²) in [6, 6.07) is 3.99. The van der Waals surface area contributed by atoms with E-state index in [2.05, 4.69) is 6.92 Å². The maximum absolute atomic E-state index is 12.2. The zero-order valence-electron chi connectivity index (χ0n) is 13.1. The highest BCUT2D eigenvalue weighted by Gasteiger charge is 2.60. The van der Waals surface area contributed by atoms with Gasteiger partial charge in [0.05, 0.1) is 14.2 Å². The number of nitrogens with zero attached hydrogens (tertiary/aromatic N) is 1. The zero-order chi connectivity index (χ0) is 15.4. The summed E-state index contributed by atoms with van der Waals surface area (Å²) >= 11 is 0. The molecular formula is C16H21NO4. The number of hydrogen-bond donors (Lipinski definition) is 0. The van der Waals surface area contributed by atoms with E-state index in [4.69, 9.17) is 14.2 Å². The number of carbonyl (C=O) groups is 1. The van der Waals surface area contributed by atoms with Crippen LogP contribution in [0.5, 0.6) is 11.5 Å². The number of hydrogen-bond acceptors (Lipinski definition) is 4. The summed E-state index contributed by atoms with van der Waals surface area (Å²) in [5.74, 6) is 1.39. The summed E-state index contributed by atoms with van der Waals surface area (Å²) in [6.07, 6.45) is 0.541. The number of cyclic esters (lactones) is 1. The SMILES string of the molecule is COc1cc2c(cc1OC)[C@]1(C)N(CC2)C(=O)OC1(C)C. The number of amides is 1. The summed E-state index contributed by atoms with van der Waals surface area (Å²) in [5, 5.41) is 0. The van der Waals surface area contributed by atoms with E-state index < -0.39 is 11.1 Å². The lowest BCUT2D eigenvalue weighted by atomic mass is 9.73. The van der Waals surface area contributed by atoms with Crippen molar-refractivity contribution in [2.24, 2.45) is 0 Å². The van der Waals surface area contributed by atoms with Gasteiger partial charge in [0.2, 0.25) is 0 Å². The molecule has 1 aromatic carbocycles. The van der Waals surface area contributed by atoms with Crippen LogP contribution in [0, 0.1) is 0 Å². The molecule has 0 spiro atoms. The van der Waals surface area contributed by atoms with Gasteiger partial charge >= 0.3 is 6.09 Å². The highest BCUT2D eigenvalue weighted by atomic mass is 16.6. The average molecular weight is 291 g/mol. The number of benzene rings is 1. The topological polar surface area (TPSA) is 48.0 Å². The standard InChI is InChI=1S/C16H21NO4/c1-15(2)16(3)11-9-13(20-5)12(19-4)8-10(11)6-7-17(16)14(18)21-15/h8-9H,6-7H2,1-5H3/t16-/m0/s1. The molecule has 1 aromatic rings. The van der Waals surface area contributed by atoms with Gasteiger partial charge in [0, 0.05) is 6.54 Å². The Balaban J connectivity index is 2.23. The number of methoxy groups -OCH3 is 2. The van der Waals surface area contributed by atoms with E-state index in [0.717, 1.165) is 17.7 Å². The maximum Gasteiger partial charge on any atom is 0.411 e. The molecule has 0 saturated carbocycles. The van der Waals surface area contributed by atoms with Crippen LogP contribution in [0.2, 0.25) is 0 Å². The van der Waals surface area contributed by atoms with Crippen LogP contribution >= 0.6 is 0 Å². The van der Waals surface area contributed by atoms with Crippen molar-refractivity contribution >= 4 is 6.09 Å². The second-order valence-electron chi connectivity index (χ2n) is 6.22. The van der Waals surface area contributed by atoms with Crippen molar-refractivity contribution in [2.75, 3.05) is 20.8 Å². The van der Waals surface area contributed by atoms with E-state index in [1.54, 1.807) is 14.2 Å². The number of ether oxygens (including phenoxy) is 3. The van der Waals surface area contributed by atoms with Gasteiger partial charge in [-0.2, -0.15) is 0 Å². The Morgan fingerprint density at radius 1 is 1.14 bits per heavy atom. The van der Waals surface area contributed by atoms with Crippen LogP contribution in [0.15, 0.2) is 12.1 Å². The minimum absolute atomic E-state index is 0.247. The first-order chi connectivity index (χ1) is 9.85. The second-order valence-corrected chi connectivity index (χ2v) is 6.22. The van der Waals surface area contributed by atoms with Crippen LogP contribution in [0.25, 0.3) is 0 Å². The lowest BCUT2D eigenvalue weighted by molar-refractivity contribution is 0.0190. The van der Waals surface area contributed by atoms with Crippen molar-refractivity contribution < 1.29 is 19.0 Å². The number of fused-ring (bicyclic) bond motifs is 3. The van der Waals surface area contributed by atoms with E-state index in [9.17, 15) is 4.79 Å². The van der Waals surface area contributed by atoms with Gasteiger partial charge in [-0.15, -0.1) is 0 Å². The Labute approximate surface area is 124 Å². The van der Waals surface area contributed by atoms with Crippen LogP contribution in [0.1, 0.15) is 31.9 Å². The van der Waals surface area contributed by atoms with E-state index in [1.165, 1.54) is 5.56 Å². The van der Waals surface area contributed by atoms with Crippen molar-refractivity contribution in [3.63, 3.8) is 0 Å². The fraction of sp³-hybridized carbons (Fsp3) is 0.562. The molecule has 0 bridgehead atoms. The first-order valence-corrected chi connectivity index (χ1v) is 7.11. The average Bonchev–Trinajstić information content (AvgIpc) is 2.63. The van der Waals surface area contributed by atoms with Crippen LogP contribution in [0.3, 0.4) is 0 Å². The van der Waals surface area contributed by atoms with E-state index in [1.807, 2.05) is 30.9 Å². The number of rotatable bonds is 2. The van der Waals surface area contributed by atoms with E-state index in [-0.39, 0.29) is 6.09 Å². The molecular weight excluding hydrogens is 270 g/mol. The monoisotopic (exact) mass is 291 g/mol. The quantitative estimate of drug-likeness (QED) is 0.840. The van der Waals surface area contributed by atoms with Gasteiger partial charge in [0.25, 0.3) is 0 Å². The lowest BCUT2D eigenvalue weighted by Gasteiger charge is -2.44. The minimum atomic E-state index is -0.598. The Bertz CT molecular complexity index is 611. The predicted molar refractivity (Wildman–Crippen MR) is 77.9 cm³/mol. The molecule has 1 amide bonds. The summed E-state index contributed by atoms with van der Waals surface area (Å²) in [7, 11) is 3.25. The van der Waals surface area contributed by atoms with Gasteiger partial charge in [-0.05, 0) is 50.5 Å². The molecule has 114 valence electrons. The molecule has 1 saturated heterocycles. The van der Waals surface area contributed by atoms with Crippen molar-refractivity contribution in [3.05, 3.63) is 23.3 Å². The van der Waals surface area contributed by atoms with E-state index >= 15 is 0 Å². The molecule has 0 radical (unpaired) electrons. The third-order valence-corrected chi connectivity index (χ3v) is 5.01. The Kier molecular flexibility index (Phi) is 2.87. The van der Waals surface area contributed by atoms with Crippen molar-refractivity contribution in [2.45, 2.75) is 38.3 Å². The molecule has 0 N–H and O–H groups in total. The fourth-order valence-electron chi connectivity index (χ4n) is 3.48. The molecule has 5 nitrogen and oxygen atoms in total. The molecule has 1 atom stereocenters. The first-order valence-electron chi connectivity index (χ1n) is 7.11. The van der Waals surface area contributed by atoms with Gasteiger partial charge in [-0.3, -0.25) is 4.90 Å². The summed E-state index contributed by atoms with van der Waals surface area (Å²) in [4.78, 5) is 14.0. The Hall–Kier alpha value is -1.91. The summed E-state index contributed by atoms with van der Waals surface area (Å²) in [6.45, 7) is 6.62. The van der Waals surface area contributed by atoms with Gasteiger partial charge < -0.3 is 14.2 Å². The Morgan fingerprint density at radius 3 is 2.38 bits per heavy atom. The molecule has 5 heteroatoms. The van der Waals surface area contributed by atoms with Gasteiger partial charge in [0.1, 0.15) is 11.1 Å². The predicted octanol–water partition coefficient (Wildman–Crippen LogP) is 2.71. The lowest BCUT2D eigenvalue weighted by Crippen LogP contribution is -2.54. The molecule has 2 aliphatic heterocycles. The van der Waals surface area contributed by atoms with Gasteiger partial charge in [-0.1, -0.05) is 0 Å². The molecule has 3 rings (SSSR count). The highest BCUT2D eigenvalue weighted by Crippen LogP contribution is 2.51. The maximum atomic E-state index is 12.2. The molecule has 2 aliphatic rings. The molecule has 0 unspecified atom stereocenters. The second kappa shape index (κ2) is 4.29. The molecule has 1 fully saturated rings. The largest absolute Gasteiger partial charge is 0.493 e. The van der Waals surface area contributed by atoms with Crippen molar-refractivity contribution in [1.82, 2.24) is 4.90 Å². The van der Waals surface area contributed by atoms with E-state index in [0.29, 0.717) is 12.3 Å². The highest BCUT2D eigenvalue weighted by molar-refractivity contribution is 5.74. The van der Waals surface area contributed by atoms with Crippen LogP contribution in [-0.2, 0) is 16.7 Å².